The van der Waals surface area contributed by atoms with E-state index in [1.807, 2.05) is 36.4 Å². The van der Waals surface area contributed by atoms with Crippen LogP contribution in [0.15, 0.2) is 46.2 Å². The van der Waals surface area contributed by atoms with E-state index in [2.05, 4.69) is 0 Å². The number of carboxylic acids is 2. The Labute approximate surface area is 124 Å². The Balaban J connectivity index is 2.41. The van der Waals surface area contributed by atoms with Crippen LogP contribution in [0.4, 0.5) is 0 Å². The maximum atomic E-state index is 10.8. The predicted molar refractivity (Wildman–Crippen MR) is 80.7 cm³/mol. The van der Waals surface area contributed by atoms with Gasteiger partial charge in [-0.2, -0.15) is 0 Å². The third-order valence-electron chi connectivity index (χ3n) is 2.53. The molecule has 2 aromatic carbocycles. The highest BCUT2D eigenvalue weighted by Gasteiger charge is 2.12. The fourth-order valence-corrected chi connectivity index (χ4v) is 3.62. The lowest BCUT2D eigenvalue weighted by Crippen LogP contribution is -2.00. The Morgan fingerprint density at radius 3 is 2.25 bits per heavy atom. The minimum Gasteiger partial charge on any atom is -0.481 e. The average Bonchev–Trinajstić information content (AvgIpc) is 2.42. The van der Waals surface area contributed by atoms with Crippen LogP contribution in [0.25, 0.3) is 10.8 Å². The first-order valence-corrected chi connectivity index (χ1v) is 7.76. The molecule has 20 heavy (non-hydrogen) atoms. The fraction of sp³-hybridized carbons (Fsp3) is 0.143. The number of hydrogen-bond donors (Lipinski definition) is 2. The zero-order valence-corrected chi connectivity index (χ0v) is 12.0. The van der Waals surface area contributed by atoms with Crippen LogP contribution in [0.5, 0.6) is 0 Å². The summed E-state index contributed by atoms with van der Waals surface area (Å²) in [5.74, 6) is -1.87. The van der Waals surface area contributed by atoms with Crippen molar-refractivity contribution < 1.29 is 19.8 Å². The maximum absolute atomic E-state index is 10.8. The molecule has 0 heterocycles. The van der Waals surface area contributed by atoms with Gasteiger partial charge in [-0.1, -0.05) is 30.3 Å². The Morgan fingerprint density at radius 1 is 0.900 bits per heavy atom. The summed E-state index contributed by atoms with van der Waals surface area (Å²) in [4.78, 5) is 23.1. The highest BCUT2D eigenvalue weighted by atomic mass is 32.2. The minimum absolute atomic E-state index is 0.0427. The summed E-state index contributed by atoms with van der Waals surface area (Å²) in [6.45, 7) is 0. The van der Waals surface area contributed by atoms with E-state index in [-0.39, 0.29) is 11.5 Å². The van der Waals surface area contributed by atoms with Gasteiger partial charge < -0.3 is 10.2 Å². The van der Waals surface area contributed by atoms with Crippen LogP contribution in [-0.4, -0.2) is 33.7 Å². The van der Waals surface area contributed by atoms with Crippen molar-refractivity contribution in [2.75, 3.05) is 11.5 Å². The third-order valence-corrected chi connectivity index (χ3v) is 4.83. The van der Waals surface area contributed by atoms with Gasteiger partial charge in [0.2, 0.25) is 0 Å². The van der Waals surface area contributed by atoms with Gasteiger partial charge >= 0.3 is 11.9 Å². The number of aliphatic carboxylic acids is 2. The highest BCUT2D eigenvalue weighted by molar-refractivity contribution is 8.03. The first-order chi connectivity index (χ1) is 9.58. The number of thioether (sulfide) groups is 2. The van der Waals surface area contributed by atoms with Crippen molar-refractivity contribution in [3.05, 3.63) is 36.4 Å². The number of carboxylic acid groups (broad SMARTS) is 2. The molecule has 0 aliphatic heterocycles. The second kappa shape index (κ2) is 6.67. The van der Waals surface area contributed by atoms with E-state index in [0.717, 1.165) is 20.6 Å². The lowest BCUT2D eigenvalue weighted by atomic mass is 10.1. The lowest BCUT2D eigenvalue weighted by molar-refractivity contribution is -0.135. The van der Waals surface area contributed by atoms with Crippen molar-refractivity contribution in [3.63, 3.8) is 0 Å². The number of hydrogen-bond acceptors (Lipinski definition) is 4. The molecule has 0 aliphatic carbocycles. The van der Waals surface area contributed by atoms with Gasteiger partial charge in [0.25, 0.3) is 0 Å². The van der Waals surface area contributed by atoms with Crippen molar-refractivity contribution in [3.8, 4) is 0 Å². The molecule has 0 saturated carbocycles. The molecule has 2 N–H and O–H groups in total. The van der Waals surface area contributed by atoms with Crippen LogP contribution in [0, 0.1) is 0 Å². The first kappa shape index (κ1) is 14.7. The summed E-state index contributed by atoms with van der Waals surface area (Å²) in [6, 6.07) is 11.4. The zero-order valence-electron chi connectivity index (χ0n) is 10.4. The molecule has 2 aromatic rings. The second-order valence-corrected chi connectivity index (χ2v) is 5.98. The quantitative estimate of drug-likeness (QED) is 0.798. The molecule has 0 amide bonds. The smallest absolute Gasteiger partial charge is 0.313 e. The van der Waals surface area contributed by atoms with Gasteiger partial charge in [0.05, 0.1) is 11.5 Å². The van der Waals surface area contributed by atoms with E-state index >= 15 is 0 Å². The normalized spacial score (nSPS) is 10.6. The van der Waals surface area contributed by atoms with E-state index in [1.165, 1.54) is 23.5 Å². The average molecular weight is 308 g/mol. The Kier molecular flexibility index (Phi) is 4.92. The number of rotatable bonds is 6. The summed E-state index contributed by atoms with van der Waals surface area (Å²) in [5, 5.41) is 19.6. The summed E-state index contributed by atoms with van der Waals surface area (Å²) < 4.78 is 0. The molecular weight excluding hydrogens is 296 g/mol. The summed E-state index contributed by atoms with van der Waals surface area (Å²) >= 11 is 2.43. The van der Waals surface area contributed by atoms with E-state index in [0.29, 0.717) is 0 Å². The molecule has 0 unspecified atom stereocenters. The summed E-state index contributed by atoms with van der Waals surface area (Å²) in [5.41, 5.74) is 0. The van der Waals surface area contributed by atoms with Crippen molar-refractivity contribution >= 4 is 46.2 Å². The number of fused-ring (bicyclic) bond motifs is 1. The molecule has 0 saturated heterocycles. The number of carbonyl (C=O) groups is 2. The molecule has 0 aromatic heterocycles. The van der Waals surface area contributed by atoms with Crippen molar-refractivity contribution in [2.24, 2.45) is 0 Å². The maximum Gasteiger partial charge on any atom is 0.313 e. The van der Waals surface area contributed by atoms with Crippen molar-refractivity contribution in [1.82, 2.24) is 0 Å². The van der Waals surface area contributed by atoms with Crippen LogP contribution < -0.4 is 0 Å². The molecule has 0 radical (unpaired) electrons. The molecule has 0 aliphatic rings. The minimum atomic E-state index is -0.892. The van der Waals surface area contributed by atoms with Gasteiger partial charge in [0, 0.05) is 9.79 Å². The number of benzene rings is 2. The molecule has 104 valence electrons. The predicted octanol–water partition coefficient (Wildman–Crippen LogP) is 3.19. The monoisotopic (exact) mass is 308 g/mol. The van der Waals surface area contributed by atoms with E-state index in [4.69, 9.17) is 10.2 Å². The molecule has 0 bridgehead atoms. The molecule has 0 atom stereocenters. The zero-order chi connectivity index (χ0) is 14.5. The standard InChI is InChI=1S/C14H12O4S2/c15-12(16)7-19-11-6-5-9-3-1-2-4-10(9)14(11)20-8-13(17)18/h1-6H,7-8H2,(H,15,16)(H,17,18). The largest absolute Gasteiger partial charge is 0.481 e. The first-order valence-electron chi connectivity index (χ1n) is 5.79. The van der Waals surface area contributed by atoms with E-state index in [1.54, 1.807) is 0 Å². The van der Waals surface area contributed by atoms with Gasteiger partial charge in [-0.25, -0.2) is 0 Å². The van der Waals surface area contributed by atoms with Gasteiger partial charge in [0.15, 0.2) is 0 Å². The molecule has 0 fully saturated rings. The lowest BCUT2D eigenvalue weighted by Gasteiger charge is -2.11. The van der Waals surface area contributed by atoms with Gasteiger partial charge in [-0.15, -0.1) is 23.5 Å². The fourth-order valence-electron chi connectivity index (χ4n) is 1.76. The van der Waals surface area contributed by atoms with E-state index < -0.39 is 11.9 Å². The Hall–Kier alpha value is -1.66. The highest BCUT2D eigenvalue weighted by Crippen LogP contribution is 2.37. The molecule has 4 nitrogen and oxygen atoms in total. The second-order valence-electron chi connectivity index (χ2n) is 3.98. The Bertz CT molecular complexity index is 655. The van der Waals surface area contributed by atoms with Crippen LogP contribution in [0.1, 0.15) is 0 Å². The Morgan fingerprint density at radius 2 is 1.55 bits per heavy atom. The van der Waals surface area contributed by atoms with Crippen LogP contribution >= 0.6 is 23.5 Å². The van der Waals surface area contributed by atoms with Crippen LogP contribution in [-0.2, 0) is 9.59 Å². The van der Waals surface area contributed by atoms with Crippen molar-refractivity contribution in [2.45, 2.75) is 9.79 Å². The summed E-state index contributed by atoms with van der Waals surface area (Å²) in [6.07, 6.45) is 0. The third kappa shape index (κ3) is 3.68. The van der Waals surface area contributed by atoms with Gasteiger partial charge in [0.1, 0.15) is 0 Å². The topological polar surface area (TPSA) is 74.6 Å². The van der Waals surface area contributed by atoms with Crippen molar-refractivity contribution in [1.29, 1.82) is 0 Å². The molecule has 0 spiro atoms. The van der Waals surface area contributed by atoms with Crippen LogP contribution in [0.3, 0.4) is 0 Å². The summed E-state index contributed by atoms with van der Waals surface area (Å²) in [7, 11) is 0. The SMILES string of the molecule is O=C(O)CSc1ccc2ccccc2c1SCC(=O)O. The van der Waals surface area contributed by atoms with Gasteiger partial charge in [-0.3, -0.25) is 9.59 Å². The molecule has 2 rings (SSSR count). The van der Waals surface area contributed by atoms with E-state index in [9.17, 15) is 9.59 Å². The van der Waals surface area contributed by atoms with Crippen LogP contribution in [0.2, 0.25) is 0 Å². The van der Waals surface area contributed by atoms with Gasteiger partial charge in [-0.05, 0) is 16.8 Å². The molecular formula is C14H12O4S2. The molecule has 6 heteroatoms.